The van der Waals surface area contributed by atoms with Crippen molar-refractivity contribution in [2.45, 2.75) is 0 Å². The van der Waals surface area contributed by atoms with E-state index in [9.17, 15) is 0 Å². The average molecular weight is 264 g/mol. The molecule has 0 atom stereocenters. The first kappa shape index (κ1) is 12.0. The highest BCUT2D eigenvalue weighted by Crippen LogP contribution is 2.18. The van der Waals surface area contributed by atoms with Crippen LogP contribution < -0.4 is 0 Å². The molecule has 6 heteroatoms. The molecule has 3 rings (SSSR count). The number of H-pyrrole nitrogens is 2. The van der Waals surface area contributed by atoms with Crippen molar-refractivity contribution in [3.05, 3.63) is 60.7 Å². The van der Waals surface area contributed by atoms with Crippen molar-refractivity contribution >= 4 is 23.8 Å². The first-order valence-electron chi connectivity index (χ1n) is 6.05. The van der Waals surface area contributed by atoms with E-state index in [0.717, 1.165) is 22.8 Å². The summed E-state index contributed by atoms with van der Waals surface area (Å²) >= 11 is 0. The molecule has 2 N–H and O–H groups in total. The summed E-state index contributed by atoms with van der Waals surface area (Å²) < 4.78 is 0. The summed E-state index contributed by atoms with van der Waals surface area (Å²) in [5.41, 5.74) is 3.46. The Morgan fingerprint density at radius 3 is 1.55 bits per heavy atom. The van der Waals surface area contributed by atoms with Gasteiger partial charge in [-0.3, -0.25) is 9.98 Å². The van der Waals surface area contributed by atoms with E-state index in [-0.39, 0.29) is 0 Å². The van der Waals surface area contributed by atoms with Crippen molar-refractivity contribution in [1.82, 2.24) is 19.9 Å². The van der Waals surface area contributed by atoms with Crippen molar-refractivity contribution < 1.29 is 0 Å². The quantitative estimate of drug-likeness (QED) is 0.710. The third kappa shape index (κ3) is 3.05. The number of hydrogen-bond donors (Lipinski definition) is 2. The van der Waals surface area contributed by atoms with Gasteiger partial charge in [0.25, 0.3) is 0 Å². The third-order valence-electron chi connectivity index (χ3n) is 2.59. The van der Waals surface area contributed by atoms with E-state index in [2.05, 4.69) is 29.9 Å². The van der Waals surface area contributed by atoms with Gasteiger partial charge in [-0.05, 0) is 24.3 Å². The highest BCUT2D eigenvalue weighted by molar-refractivity contribution is 5.80. The fourth-order valence-electron chi connectivity index (χ4n) is 1.59. The molecule has 0 spiro atoms. The number of aliphatic imine (C=N–C) groups is 2. The summed E-state index contributed by atoms with van der Waals surface area (Å²) in [5, 5.41) is 0. The molecule has 1 aromatic carbocycles. The summed E-state index contributed by atoms with van der Waals surface area (Å²) in [7, 11) is 0. The predicted octanol–water partition coefficient (Wildman–Crippen LogP) is 2.63. The number of nitrogens with zero attached hydrogens (tertiary/aromatic N) is 4. The lowest BCUT2D eigenvalue weighted by Gasteiger charge is -1.95. The standard InChI is InChI=1S/C14H12N6/c1-2-12(18-8-14-6-16-10-20-14)4-3-11(1)17-7-13-5-15-9-19-13/h1-10H,(H,15,19)(H,16,20). The monoisotopic (exact) mass is 264 g/mol. The Morgan fingerprint density at radius 2 is 1.20 bits per heavy atom. The topological polar surface area (TPSA) is 82.1 Å². The molecule has 0 aliphatic carbocycles. The van der Waals surface area contributed by atoms with Crippen LogP contribution >= 0.6 is 0 Å². The van der Waals surface area contributed by atoms with Crippen molar-refractivity contribution in [3.63, 3.8) is 0 Å². The molecule has 98 valence electrons. The minimum absolute atomic E-state index is 0.861. The maximum absolute atomic E-state index is 4.34. The van der Waals surface area contributed by atoms with Crippen LogP contribution in [0, 0.1) is 0 Å². The van der Waals surface area contributed by atoms with Gasteiger partial charge in [-0.15, -0.1) is 0 Å². The van der Waals surface area contributed by atoms with E-state index in [1.54, 1.807) is 37.5 Å². The van der Waals surface area contributed by atoms with Gasteiger partial charge >= 0.3 is 0 Å². The molecular weight excluding hydrogens is 252 g/mol. The van der Waals surface area contributed by atoms with Crippen LogP contribution in [0.25, 0.3) is 0 Å². The van der Waals surface area contributed by atoms with E-state index in [4.69, 9.17) is 0 Å². The van der Waals surface area contributed by atoms with Crippen molar-refractivity contribution in [2.24, 2.45) is 9.98 Å². The van der Waals surface area contributed by atoms with Crippen molar-refractivity contribution in [1.29, 1.82) is 0 Å². The molecule has 0 radical (unpaired) electrons. The van der Waals surface area contributed by atoms with E-state index in [1.165, 1.54) is 0 Å². The van der Waals surface area contributed by atoms with Gasteiger partial charge in [0.2, 0.25) is 0 Å². The van der Waals surface area contributed by atoms with Gasteiger partial charge in [0.15, 0.2) is 0 Å². The van der Waals surface area contributed by atoms with Gasteiger partial charge in [-0.25, -0.2) is 9.97 Å². The molecule has 0 saturated carbocycles. The summed E-state index contributed by atoms with van der Waals surface area (Å²) in [6.07, 6.45) is 10.1. The normalized spacial score (nSPS) is 11.6. The first-order valence-corrected chi connectivity index (χ1v) is 6.05. The molecule has 0 aliphatic heterocycles. The lowest BCUT2D eigenvalue weighted by Crippen LogP contribution is -1.79. The second kappa shape index (κ2) is 5.75. The lowest BCUT2D eigenvalue weighted by molar-refractivity contribution is 1.31. The van der Waals surface area contributed by atoms with Crippen LogP contribution in [0.2, 0.25) is 0 Å². The van der Waals surface area contributed by atoms with Gasteiger partial charge < -0.3 is 9.97 Å². The number of aromatic nitrogens is 4. The fraction of sp³-hybridized carbons (Fsp3) is 0. The molecule has 2 heterocycles. The van der Waals surface area contributed by atoms with Crippen molar-refractivity contribution in [2.75, 3.05) is 0 Å². The van der Waals surface area contributed by atoms with Crippen LogP contribution in [0.3, 0.4) is 0 Å². The molecule has 6 nitrogen and oxygen atoms in total. The average Bonchev–Trinajstić information content (AvgIpc) is 3.17. The van der Waals surface area contributed by atoms with E-state index >= 15 is 0 Å². The number of imidazole rings is 2. The van der Waals surface area contributed by atoms with Gasteiger partial charge in [0.05, 0.1) is 60.2 Å². The molecular formula is C14H12N6. The molecule has 0 amide bonds. The minimum atomic E-state index is 0.861. The highest BCUT2D eigenvalue weighted by atomic mass is 14.9. The van der Waals surface area contributed by atoms with Crippen LogP contribution in [-0.4, -0.2) is 32.4 Å². The van der Waals surface area contributed by atoms with Crippen LogP contribution in [0.4, 0.5) is 11.4 Å². The largest absolute Gasteiger partial charge is 0.344 e. The van der Waals surface area contributed by atoms with Gasteiger partial charge in [0.1, 0.15) is 0 Å². The molecule has 0 fully saturated rings. The predicted molar refractivity (Wildman–Crippen MR) is 78.1 cm³/mol. The Morgan fingerprint density at radius 1 is 0.750 bits per heavy atom. The SMILES string of the molecule is C(=Nc1ccc(N=Cc2cnc[nH]2)cc1)c1cnc[nH]1. The van der Waals surface area contributed by atoms with Gasteiger partial charge in [0, 0.05) is 0 Å². The molecule has 0 bridgehead atoms. The Balaban J connectivity index is 1.68. The second-order valence-corrected chi connectivity index (χ2v) is 4.05. The Labute approximate surface area is 115 Å². The van der Waals surface area contributed by atoms with Gasteiger partial charge in [-0.1, -0.05) is 0 Å². The first-order chi connectivity index (χ1) is 9.90. The fourth-order valence-corrected chi connectivity index (χ4v) is 1.59. The summed E-state index contributed by atoms with van der Waals surface area (Å²) in [6, 6.07) is 7.64. The van der Waals surface area contributed by atoms with Crippen LogP contribution in [-0.2, 0) is 0 Å². The Hall–Kier alpha value is -3.02. The number of benzene rings is 1. The number of nitrogens with one attached hydrogen (secondary N) is 2. The maximum atomic E-state index is 4.34. The third-order valence-corrected chi connectivity index (χ3v) is 2.59. The lowest BCUT2D eigenvalue weighted by atomic mass is 10.3. The molecule has 2 aromatic heterocycles. The maximum Gasteiger partial charge on any atom is 0.0924 e. The molecule has 0 saturated heterocycles. The zero-order valence-corrected chi connectivity index (χ0v) is 10.6. The molecule has 0 aliphatic rings. The number of rotatable bonds is 4. The zero-order valence-electron chi connectivity index (χ0n) is 10.6. The van der Waals surface area contributed by atoms with E-state index in [0.29, 0.717) is 0 Å². The van der Waals surface area contributed by atoms with Gasteiger partial charge in [-0.2, -0.15) is 0 Å². The Kier molecular flexibility index (Phi) is 3.46. The van der Waals surface area contributed by atoms with Crippen LogP contribution in [0.1, 0.15) is 11.4 Å². The second-order valence-electron chi connectivity index (χ2n) is 4.05. The van der Waals surface area contributed by atoms with Crippen LogP contribution in [0.15, 0.2) is 59.3 Å². The summed E-state index contributed by atoms with van der Waals surface area (Å²) in [5.74, 6) is 0. The molecule has 20 heavy (non-hydrogen) atoms. The minimum Gasteiger partial charge on any atom is -0.344 e. The molecule has 3 aromatic rings. The smallest absolute Gasteiger partial charge is 0.0924 e. The highest BCUT2D eigenvalue weighted by Gasteiger charge is 1.92. The van der Waals surface area contributed by atoms with E-state index < -0.39 is 0 Å². The number of aromatic amines is 2. The summed E-state index contributed by atoms with van der Waals surface area (Å²) in [6.45, 7) is 0. The Bertz CT molecular complexity index is 629. The molecule has 0 unspecified atom stereocenters. The summed E-state index contributed by atoms with van der Waals surface area (Å²) in [4.78, 5) is 22.4. The zero-order chi connectivity index (χ0) is 13.6. The van der Waals surface area contributed by atoms with E-state index in [1.807, 2.05) is 24.3 Å². The number of hydrogen-bond acceptors (Lipinski definition) is 4. The van der Waals surface area contributed by atoms with Crippen molar-refractivity contribution in [3.8, 4) is 0 Å². The van der Waals surface area contributed by atoms with Crippen LogP contribution in [0.5, 0.6) is 0 Å².